The Kier molecular flexibility index (Phi) is 1.24. The van der Waals surface area contributed by atoms with Crippen LogP contribution in [0.2, 0.25) is 0 Å². The maximum atomic E-state index is 9.33. The van der Waals surface area contributed by atoms with E-state index in [1.54, 1.807) is 0 Å². The number of aliphatic hydroxyl groups excluding tert-OH is 1. The first-order chi connectivity index (χ1) is 4.36. The van der Waals surface area contributed by atoms with Gasteiger partial charge in [0, 0.05) is 12.1 Å². The van der Waals surface area contributed by atoms with Crippen molar-refractivity contribution in [1.29, 1.82) is 0 Å². The molecular formula is C7H13NO. The SMILES string of the molecule is OC1CCC2CCC1N2. The molecule has 3 unspecified atom stereocenters. The molecule has 0 aromatic carbocycles. The summed E-state index contributed by atoms with van der Waals surface area (Å²) >= 11 is 0. The molecule has 2 aliphatic rings. The third-order valence-electron chi connectivity index (χ3n) is 2.55. The zero-order valence-electron chi connectivity index (χ0n) is 5.51. The smallest absolute Gasteiger partial charge is 0.0693 e. The molecule has 3 atom stereocenters. The summed E-state index contributed by atoms with van der Waals surface area (Å²) in [5.41, 5.74) is 0. The van der Waals surface area contributed by atoms with Gasteiger partial charge in [-0.1, -0.05) is 0 Å². The Hall–Kier alpha value is -0.0800. The molecule has 2 heteroatoms. The highest BCUT2D eigenvalue weighted by molar-refractivity contribution is 4.93. The van der Waals surface area contributed by atoms with Gasteiger partial charge < -0.3 is 10.4 Å². The molecule has 2 N–H and O–H groups in total. The Bertz CT molecular complexity index is 115. The van der Waals surface area contributed by atoms with Crippen molar-refractivity contribution >= 4 is 0 Å². The number of nitrogens with one attached hydrogen (secondary N) is 1. The quantitative estimate of drug-likeness (QED) is 0.489. The molecule has 2 fully saturated rings. The monoisotopic (exact) mass is 127 g/mol. The Balaban J connectivity index is 2.05. The van der Waals surface area contributed by atoms with Crippen molar-refractivity contribution in [3.63, 3.8) is 0 Å². The lowest BCUT2D eigenvalue weighted by atomic mass is 10.0. The molecule has 0 spiro atoms. The predicted octanol–water partition coefficient (Wildman–Crippen LogP) is 0.262. The summed E-state index contributed by atoms with van der Waals surface area (Å²) < 4.78 is 0. The second-order valence-electron chi connectivity index (χ2n) is 3.19. The van der Waals surface area contributed by atoms with Gasteiger partial charge in [0.2, 0.25) is 0 Å². The lowest BCUT2D eigenvalue weighted by Gasteiger charge is -2.25. The van der Waals surface area contributed by atoms with Crippen LogP contribution in [0, 0.1) is 0 Å². The second kappa shape index (κ2) is 1.96. The van der Waals surface area contributed by atoms with Crippen LogP contribution in [-0.2, 0) is 0 Å². The summed E-state index contributed by atoms with van der Waals surface area (Å²) in [6.45, 7) is 0. The second-order valence-corrected chi connectivity index (χ2v) is 3.19. The average molecular weight is 127 g/mol. The Morgan fingerprint density at radius 1 is 1.11 bits per heavy atom. The van der Waals surface area contributed by atoms with E-state index < -0.39 is 0 Å². The van der Waals surface area contributed by atoms with Crippen LogP contribution in [0.15, 0.2) is 0 Å². The van der Waals surface area contributed by atoms with Gasteiger partial charge >= 0.3 is 0 Å². The molecule has 52 valence electrons. The van der Waals surface area contributed by atoms with Gasteiger partial charge in [0.15, 0.2) is 0 Å². The van der Waals surface area contributed by atoms with E-state index >= 15 is 0 Å². The third-order valence-corrected chi connectivity index (χ3v) is 2.55. The molecular weight excluding hydrogens is 114 g/mol. The first-order valence-electron chi connectivity index (χ1n) is 3.80. The Morgan fingerprint density at radius 3 is 2.67 bits per heavy atom. The third kappa shape index (κ3) is 0.864. The molecule has 2 rings (SSSR count). The van der Waals surface area contributed by atoms with Crippen LogP contribution in [-0.4, -0.2) is 23.3 Å². The van der Waals surface area contributed by atoms with Gasteiger partial charge in [-0.15, -0.1) is 0 Å². The first kappa shape index (κ1) is 5.69. The molecule has 2 bridgehead atoms. The van der Waals surface area contributed by atoms with E-state index in [1.807, 2.05) is 0 Å². The van der Waals surface area contributed by atoms with Gasteiger partial charge in [0.25, 0.3) is 0 Å². The fraction of sp³-hybridized carbons (Fsp3) is 1.00. The summed E-state index contributed by atoms with van der Waals surface area (Å²) in [5.74, 6) is 0. The molecule has 0 amide bonds. The minimum Gasteiger partial charge on any atom is -0.392 e. The lowest BCUT2D eigenvalue weighted by Crippen LogP contribution is -2.43. The molecule has 0 radical (unpaired) electrons. The summed E-state index contributed by atoms with van der Waals surface area (Å²) in [7, 11) is 0. The van der Waals surface area contributed by atoms with Crippen LogP contribution < -0.4 is 5.32 Å². The molecule has 0 aliphatic carbocycles. The molecule has 2 nitrogen and oxygen atoms in total. The van der Waals surface area contributed by atoms with Crippen LogP contribution in [0.4, 0.5) is 0 Å². The number of hydrogen-bond acceptors (Lipinski definition) is 2. The van der Waals surface area contributed by atoms with Crippen molar-refractivity contribution < 1.29 is 5.11 Å². The molecule has 2 aliphatic heterocycles. The first-order valence-corrected chi connectivity index (χ1v) is 3.80. The van der Waals surface area contributed by atoms with E-state index in [2.05, 4.69) is 5.32 Å². The zero-order valence-corrected chi connectivity index (χ0v) is 5.51. The molecule has 0 aromatic rings. The molecule has 2 saturated heterocycles. The van der Waals surface area contributed by atoms with Gasteiger partial charge in [-0.3, -0.25) is 0 Å². The van der Waals surface area contributed by atoms with Crippen LogP contribution in [0.25, 0.3) is 0 Å². The van der Waals surface area contributed by atoms with E-state index in [-0.39, 0.29) is 6.10 Å². The average Bonchev–Trinajstić information content (AvgIpc) is 2.25. The summed E-state index contributed by atoms with van der Waals surface area (Å²) in [6, 6.07) is 1.17. The number of hydrogen-bond donors (Lipinski definition) is 2. The largest absolute Gasteiger partial charge is 0.392 e. The van der Waals surface area contributed by atoms with Gasteiger partial charge in [-0.25, -0.2) is 0 Å². The van der Waals surface area contributed by atoms with Crippen molar-refractivity contribution in [1.82, 2.24) is 5.32 Å². The topological polar surface area (TPSA) is 32.3 Å². The highest BCUT2D eigenvalue weighted by atomic mass is 16.3. The van der Waals surface area contributed by atoms with Gasteiger partial charge in [-0.05, 0) is 25.7 Å². The van der Waals surface area contributed by atoms with Crippen LogP contribution >= 0.6 is 0 Å². The maximum absolute atomic E-state index is 9.33. The minimum absolute atomic E-state index is 0.0521. The lowest BCUT2D eigenvalue weighted by molar-refractivity contribution is 0.103. The predicted molar refractivity (Wildman–Crippen MR) is 35.2 cm³/mol. The van der Waals surface area contributed by atoms with Gasteiger partial charge in [0.05, 0.1) is 6.10 Å². The number of piperidine rings is 1. The fourth-order valence-electron chi connectivity index (χ4n) is 1.95. The number of aliphatic hydroxyl groups is 1. The van der Waals surface area contributed by atoms with Crippen LogP contribution in [0.5, 0.6) is 0 Å². The van der Waals surface area contributed by atoms with E-state index in [0.717, 1.165) is 12.5 Å². The standard InChI is InChI=1S/C7H13NO/c9-7-4-2-5-1-3-6(7)8-5/h5-9H,1-4H2. The van der Waals surface area contributed by atoms with Gasteiger partial charge in [-0.2, -0.15) is 0 Å². The summed E-state index contributed by atoms with van der Waals surface area (Å²) in [6.07, 6.45) is 4.61. The van der Waals surface area contributed by atoms with E-state index in [1.165, 1.54) is 19.3 Å². The highest BCUT2D eigenvalue weighted by Crippen LogP contribution is 2.26. The summed E-state index contributed by atoms with van der Waals surface area (Å²) in [4.78, 5) is 0. The maximum Gasteiger partial charge on any atom is 0.0693 e. The van der Waals surface area contributed by atoms with E-state index in [4.69, 9.17) is 0 Å². The van der Waals surface area contributed by atoms with Gasteiger partial charge in [0.1, 0.15) is 0 Å². The molecule has 2 heterocycles. The van der Waals surface area contributed by atoms with Crippen molar-refractivity contribution in [2.75, 3.05) is 0 Å². The van der Waals surface area contributed by atoms with Crippen LogP contribution in [0.1, 0.15) is 25.7 Å². The highest BCUT2D eigenvalue weighted by Gasteiger charge is 2.33. The van der Waals surface area contributed by atoms with Crippen molar-refractivity contribution in [2.45, 2.75) is 43.9 Å². The van der Waals surface area contributed by atoms with E-state index in [9.17, 15) is 5.11 Å². The Morgan fingerprint density at radius 2 is 1.89 bits per heavy atom. The fourth-order valence-corrected chi connectivity index (χ4v) is 1.95. The van der Waals surface area contributed by atoms with E-state index in [0.29, 0.717) is 6.04 Å². The minimum atomic E-state index is -0.0521. The zero-order chi connectivity index (χ0) is 6.27. The summed E-state index contributed by atoms with van der Waals surface area (Å²) in [5, 5.41) is 12.7. The van der Waals surface area contributed by atoms with Crippen molar-refractivity contribution in [3.05, 3.63) is 0 Å². The van der Waals surface area contributed by atoms with Crippen LogP contribution in [0.3, 0.4) is 0 Å². The molecule has 9 heavy (non-hydrogen) atoms. The normalized spacial score (nSPS) is 49.7. The number of fused-ring (bicyclic) bond motifs is 2. The van der Waals surface area contributed by atoms with Crippen molar-refractivity contribution in [3.8, 4) is 0 Å². The van der Waals surface area contributed by atoms with Crippen molar-refractivity contribution in [2.24, 2.45) is 0 Å². The molecule has 0 aromatic heterocycles. The Labute approximate surface area is 55.3 Å². The molecule has 0 saturated carbocycles. The number of rotatable bonds is 0.